The van der Waals surface area contributed by atoms with Crippen molar-refractivity contribution < 1.29 is 14.6 Å². The van der Waals surface area contributed by atoms with Crippen LogP contribution in [0, 0.1) is 23.7 Å². The standard InChI is InChI=1S/C17H26O3/c1-3-4-5-6-8-12-17(2,18)13-10-15-20-16-11-7-9-14-19-16/h16,18H,5-9,11-12,14-15H2,1-2H3. The molecular weight excluding hydrogens is 252 g/mol. The van der Waals surface area contributed by atoms with E-state index in [-0.39, 0.29) is 6.29 Å². The average Bonchev–Trinajstić information content (AvgIpc) is 2.44. The normalized spacial score (nSPS) is 21.1. The molecule has 3 nitrogen and oxygen atoms in total. The molecule has 1 aliphatic rings. The summed E-state index contributed by atoms with van der Waals surface area (Å²) in [6.07, 6.45) is 6.59. The summed E-state index contributed by atoms with van der Waals surface area (Å²) < 4.78 is 11.0. The van der Waals surface area contributed by atoms with Gasteiger partial charge in [0.15, 0.2) is 6.29 Å². The van der Waals surface area contributed by atoms with Crippen LogP contribution in [0.15, 0.2) is 0 Å². The second-order valence-electron chi connectivity index (χ2n) is 5.32. The van der Waals surface area contributed by atoms with Crippen LogP contribution in [0.4, 0.5) is 0 Å². The van der Waals surface area contributed by atoms with Crippen LogP contribution in [0.25, 0.3) is 0 Å². The Morgan fingerprint density at radius 1 is 1.30 bits per heavy atom. The number of rotatable bonds is 6. The van der Waals surface area contributed by atoms with E-state index in [9.17, 15) is 5.11 Å². The van der Waals surface area contributed by atoms with Gasteiger partial charge in [-0.3, -0.25) is 0 Å². The first kappa shape index (κ1) is 17.1. The Hall–Kier alpha value is -1.00. The van der Waals surface area contributed by atoms with Gasteiger partial charge < -0.3 is 14.6 Å². The highest BCUT2D eigenvalue weighted by Crippen LogP contribution is 2.14. The predicted molar refractivity (Wildman–Crippen MR) is 79.9 cm³/mol. The van der Waals surface area contributed by atoms with Crippen molar-refractivity contribution in [3.8, 4) is 23.7 Å². The summed E-state index contributed by atoms with van der Waals surface area (Å²) in [5, 5.41) is 10.1. The van der Waals surface area contributed by atoms with Gasteiger partial charge in [-0.25, -0.2) is 0 Å². The molecule has 0 spiro atoms. The van der Waals surface area contributed by atoms with Crippen molar-refractivity contribution in [3.63, 3.8) is 0 Å². The van der Waals surface area contributed by atoms with Crippen molar-refractivity contribution in [2.24, 2.45) is 0 Å². The maximum Gasteiger partial charge on any atom is 0.158 e. The zero-order valence-electron chi connectivity index (χ0n) is 12.7. The maximum absolute atomic E-state index is 10.1. The van der Waals surface area contributed by atoms with E-state index < -0.39 is 5.60 Å². The van der Waals surface area contributed by atoms with E-state index in [2.05, 4.69) is 23.7 Å². The van der Waals surface area contributed by atoms with Crippen LogP contribution in [-0.2, 0) is 9.47 Å². The molecule has 1 heterocycles. The molecule has 0 saturated carbocycles. The Kier molecular flexibility index (Phi) is 8.38. The first-order valence-electron chi connectivity index (χ1n) is 7.49. The molecule has 0 aromatic rings. The Bertz CT molecular complexity index is 373. The van der Waals surface area contributed by atoms with Gasteiger partial charge in [0.05, 0.1) is 0 Å². The summed E-state index contributed by atoms with van der Waals surface area (Å²) in [5.74, 6) is 11.7. The molecule has 0 aromatic heterocycles. The summed E-state index contributed by atoms with van der Waals surface area (Å²) in [4.78, 5) is 0. The minimum Gasteiger partial charge on any atom is -0.378 e. The van der Waals surface area contributed by atoms with Gasteiger partial charge in [-0.2, -0.15) is 0 Å². The van der Waals surface area contributed by atoms with E-state index in [1.807, 2.05) is 6.92 Å². The van der Waals surface area contributed by atoms with Crippen LogP contribution in [0.3, 0.4) is 0 Å². The topological polar surface area (TPSA) is 38.7 Å². The van der Waals surface area contributed by atoms with Crippen molar-refractivity contribution in [2.45, 2.75) is 70.7 Å². The van der Waals surface area contributed by atoms with E-state index in [0.29, 0.717) is 13.0 Å². The second-order valence-corrected chi connectivity index (χ2v) is 5.32. The second kappa shape index (κ2) is 9.83. The van der Waals surface area contributed by atoms with Gasteiger partial charge in [0.25, 0.3) is 0 Å². The molecule has 0 radical (unpaired) electrons. The zero-order chi connectivity index (χ0) is 14.7. The highest BCUT2D eigenvalue weighted by Gasteiger charge is 2.16. The molecule has 0 aliphatic carbocycles. The Labute approximate surface area is 123 Å². The first-order valence-corrected chi connectivity index (χ1v) is 7.49. The van der Waals surface area contributed by atoms with E-state index in [1.165, 1.54) is 0 Å². The van der Waals surface area contributed by atoms with Crippen LogP contribution in [0.2, 0.25) is 0 Å². The lowest BCUT2D eigenvalue weighted by atomic mass is 9.99. The fourth-order valence-electron chi connectivity index (χ4n) is 2.07. The Balaban J connectivity index is 2.16. The van der Waals surface area contributed by atoms with Crippen LogP contribution >= 0.6 is 0 Å². The molecular formula is C17H26O3. The molecule has 1 rings (SSSR count). The van der Waals surface area contributed by atoms with E-state index in [1.54, 1.807) is 6.92 Å². The molecule has 0 amide bonds. The van der Waals surface area contributed by atoms with Crippen molar-refractivity contribution in [1.29, 1.82) is 0 Å². The van der Waals surface area contributed by atoms with Crippen LogP contribution < -0.4 is 0 Å². The fourth-order valence-corrected chi connectivity index (χ4v) is 2.07. The first-order chi connectivity index (χ1) is 9.64. The molecule has 0 aromatic carbocycles. The smallest absolute Gasteiger partial charge is 0.158 e. The van der Waals surface area contributed by atoms with E-state index in [0.717, 1.165) is 45.1 Å². The Morgan fingerprint density at radius 2 is 2.15 bits per heavy atom. The van der Waals surface area contributed by atoms with Crippen LogP contribution in [0.5, 0.6) is 0 Å². The number of hydrogen-bond acceptors (Lipinski definition) is 3. The number of aliphatic hydroxyl groups is 1. The molecule has 2 unspecified atom stereocenters. The van der Waals surface area contributed by atoms with Gasteiger partial charge >= 0.3 is 0 Å². The molecule has 1 N–H and O–H groups in total. The van der Waals surface area contributed by atoms with E-state index in [4.69, 9.17) is 9.47 Å². The Morgan fingerprint density at radius 3 is 2.85 bits per heavy atom. The molecule has 1 fully saturated rings. The molecule has 3 heteroatoms. The average molecular weight is 278 g/mol. The maximum atomic E-state index is 10.1. The number of ether oxygens (including phenoxy) is 2. The third kappa shape index (κ3) is 8.23. The SMILES string of the molecule is CC#CCCCCC(C)(O)C#CCOC1CCCCO1. The lowest BCUT2D eigenvalue weighted by Gasteiger charge is -2.21. The van der Waals surface area contributed by atoms with Gasteiger partial charge in [0.2, 0.25) is 0 Å². The van der Waals surface area contributed by atoms with Crippen molar-refractivity contribution in [3.05, 3.63) is 0 Å². The highest BCUT2D eigenvalue weighted by molar-refractivity contribution is 5.12. The molecule has 0 bridgehead atoms. The van der Waals surface area contributed by atoms with Crippen molar-refractivity contribution in [2.75, 3.05) is 13.2 Å². The van der Waals surface area contributed by atoms with Crippen LogP contribution in [0.1, 0.15) is 58.8 Å². The van der Waals surface area contributed by atoms with Crippen LogP contribution in [-0.4, -0.2) is 30.2 Å². The van der Waals surface area contributed by atoms with Crippen molar-refractivity contribution >= 4 is 0 Å². The number of hydrogen-bond donors (Lipinski definition) is 1. The molecule has 112 valence electrons. The summed E-state index contributed by atoms with van der Waals surface area (Å²) in [6, 6.07) is 0. The van der Waals surface area contributed by atoms with Gasteiger partial charge in [-0.1, -0.05) is 11.8 Å². The van der Waals surface area contributed by atoms with E-state index >= 15 is 0 Å². The minimum absolute atomic E-state index is 0.115. The highest BCUT2D eigenvalue weighted by atomic mass is 16.7. The fraction of sp³-hybridized carbons (Fsp3) is 0.765. The molecule has 2 atom stereocenters. The molecule has 1 saturated heterocycles. The monoisotopic (exact) mass is 278 g/mol. The predicted octanol–water partition coefficient (Wildman–Crippen LogP) is 2.87. The summed E-state index contributed by atoms with van der Waals surface area (Å²) in [7, 11) is 0. The van der Waals surface area contributed by atoms with Gasteiger partial charge in [0, 0.05) is 13.0 Å². The third-order valence-corrected chi connectivity index (χ3v) is 3.23. The zero-order valence-corrected chi connectivity index (χ0v) is 12.7. The largest absolute Gasteiger partial charge is 0.378 e. The minimum atomic E-state index is -0.934. The summed E-state index contributed by atoms with van der Waals surface area (Å²) in [6.45, 7) is 4.69. The van der Waals surface area contributed by atoms with Crippen molar-refractivity contribution in [1.82, 2.24) is 0 Å². The van der Waals surface area contributed by atoms with Gasteiger partial charge in [-0.15, -0.1) is 11.8 Å². The van der Waals surface area contributed by atoms with Gasteiger partial charge in [0.1, 0.15) is 12.2 Å². The molecule has 1 aliphatic heterocycles. The molecule has 20 heavy (non-hydrogen) atoms. The summed E-state index contributed by atoms with van der Waals surface area (Å²) >= 11 is 0. The lowest BCUT2D eigenvalue weighted by molar-refractivity contribution is -0.154. The quantitative estimate of drug-likeness (QED) is 0.600. The lowest BCUT2D eigenvalue weighted by Crippen LogP contribution is -2.23. The summed E-state index contributed by atoms with van der Waals surface area (Å²) in [5.41, 5.74) is -0.934. The number of unbranched alkanes of at least 4 members (excludes halogenated alkanes) is 2. The van der Waals surface area contributed by atoms with Gasteiger partial charge in [-0.05, 0) is 52.4 Å². The third-order valence-electron chi connectivity index (χ3n) is 3.23.